The molecule has 0 saturated heterocycles. The minimum atomic E-state index is -0.996. The first-order chi connectivity index (χ1) is 7.52. The lowest BCUT2D eigenvalue weighted by molar-refractivity contribution is -0.137. The second kappa shape index (κ2) is 6.35. The fourth-order valence-electron chi connectivity index (χ4n) is 1.03. The number of hydrogen-bond acceptors (Lipinski definition) is 3. The van der Waals surface area contributed by atoms with Crippen LogP contribution in [0, 0.1) is 0 Å². The van der Waals surface area contributed by atoms with E-state index in [2.05, 4.69) is 0 Å². The SMILES string of the molecule is N[C@@H](CSCc1cccc(Cl)c1Cl)C(=O)O. The molecule has 0 bridgehead atoms. The van der Waals surface area contributed by atoms with E-state index in [0.717, 1.165) is 5.56 Å². The van der Waals surface area contributed by atoms with Gasteiger partial charge in [-0.05, 0) is 11.6 Å². The fourth-order valence-corrected chi connectivity index (χ4v) is 2.47. The quantitative estimate of drug-likeness (QED) is 0.870. The van der Waals surface area contributed by atoms with Gasteiger partial charge < -0.3 is 10.8 Å². The van der Waals surface area contributed by atoms with Gasteiger partial charge in [-0.3, -0.25) is 4.79 Å². The number of carboxylic acids is 1. The van der Waals surface area contributed by atoms with Gasteiger partial charge in [0.25, 0.3) is 0 Å². The van der Waals surface area contributed by atoms with Gasteiger partial charge in [0.1, 0.15) is 6.04 Å². The molecule has 0 saturated carbocycles. The Balaban J connectivity index is 2.49. The molecule has 0 aliphatic heterocycles. The average molecular weight is 280 g/mol. The summed E-state index contributed by atoms with van der Waals surface area (Å²) in [5.41, 5.74) is 6.26. The summed E-state index contributed by atoms with van der Waals surface area (Å²) in [5, 5.41) is 9.61. The second-order valence-corrected chi connectivity index (χ2v) is 4.99. The molecule has 1 aromatic carbocycles. The van der Waals surface area contributed by atoms with Gasteiger partial charge in [-0.2, -0.15) is 11.8 Å². The average Bonchev–Trinajstić information content (AvgIpc) is 2.24. The van der Waals surface area contributed by atoms with Crippen molar-refractivity contribution in [2.24, 2.45) is 5.73 Å². The predicted octanol–water partition coefficient (Wildman–Crippen LogP) is 2.64. The lowest BCUT2D eigenvalue weighted by Crippen LogP contribution is -2.32. The van der Waals surface area contributed by atoms with Crippen LogP contribution in [0.15, 0.2) is 18.2 Å². The number of thioether (sulfide) groups is 1. The van der Waals surface area contributed by atoms with Crippen LogP contribution < -0.4 is 5.73 Å². The van der Waals surface area contributed by atoms with Crippen molar-refractivity contribution in [2.75, 3.05) is 5.75 Å². The molecule has 6 heteroatoms. The van der Waals surface area contributed by atoms with E-state index in [1.165, 1.54) is 11.8 Å². The molecule has 0 radical (unpaired) electrons. The number of hydrogen-bond donors (Lipinski definition) is 2. The van der Waals surface area contributed by atoms with Gasteiger partial charge in [-0.1, -0.05) is 35.3 Å². The highest BCUT2D eigenvalue weighted by molar-refractivity contribution is 7.98. The number of carbonyl (C=O) groups is 1. The Morgan fingerprint density at radius 2 is 2.19 bits per heavy atom. The van der Waals surface area contributed by atoms with Crippen LogP contribution in [0.2, 0.25) is 10.0 Å². The minimum Gasteiger partial charge on any atom is -0.480 e. The Labute approximate surface area is 108 Å². The molecule has 1 rings (SSSR count). The number of rotatable bonds is 5. The van der Waals surface area contributed by atoms with E-state index in [0.29, 0.717) is 21.6 Å². The third kappa shape index (κ3) is 3.87. The van der Waals surface area contributed by atoms with Gasteiger partial charge in [0.15, 0.2) is 0 Å². The zero-order valence-electron chi connectivity index (χ0n) is 8.32. The number of nitrogens with two attached hydrogens (primary N) is 1. The van der Waals surface area contributed by atoms with Crippen molar-refractivity contribution in [1.29, 1.82) is 0 Å². The van der Waals surface area contributed by atoms with Crippen molar-refractivity contribution in [1.82, 2.24) is 0 Å². The monoisotopic (exact) mass is 279 g/mol. The number of halogens is 2. The van der Waals surface area contributed by atoms with Crippen LogP contribution in [-0.2, 0) is 10.5 Å². The first-order valence-corrected chi connectivity index (χ1v) is 6.42. The summed E-state index contributed by atoms with van der Waals surface area (Å²) in [6.45, 7) is 0. The van der Waals surface area contributed by atoms with Gasteiger partial charge in [0, 0.05) is 11.5 Å². The van der Waals surface area contributed by atoms with Gasteiger partial charge >= 0.3 is 5.97 Å². The highest BCUT2D eigenvalue weighted by atomic mass is 35.5. The zero-order chi connectivity index (χ0) is 12.1. The molecule has 0 unspecified atom stereocenters. The molecule has 0 fully saturated rings. The maximum Gasteiger partial charge on any atom is 0.321 e. The summed E-state index contributed by atoms with van der Waals surface area (Å²) in [4.78, 5) is 10.5. The molecule has 3 N–H and O–H groups in total. The van der Waals surface area contributed by atoms with Gasteiger partial charge in [0.05, 0.1) is 10.0 Å². The van der Waals surface area contributed by atoms with Gasteiger partial charge in [0.2, 0.25) is 0 Å². The van der Waals surface area contributed by atoms with Crippen molar-refractivity contribution in [3.8, 4) is 0 Å². The molecule has 0 amide bonds. The molecular formula is C10H11Cl2NO2S. The predicted molar refractivity (Wildman–Crippen MR) is 68.2 cm³/mol. The van der Waals surface area contributed by atoms with Crippen LogP contribution in [0.1, 0.15) is 5.56 Å². The summed E-state index contributed by atoms with van der Waals surface area (Å²) in [6, 6.07) is 4.53. The molecule has 3 nitrogen and oxygen atoms in total. The minimum absolute atomic E-state index is 0.345. The Bertz CT molecular complexity index is 387. The van der Waals surface area contributed by atoms with E-state index in [-0.39, 0.29) is 0 Å². The Kier molecular flexibility index (Phi) is 5.41. The maximum absolute atomic E-state index is 10.5. The highest BCUT2D eigenvalue weighted by Gasteiger charge is 2.11. The lowest BCUT2D eigenvalue weighted by Gasteiger charge is -2.07. The molecular weight excluding hydrogens is 269 g/mol. The maximum atomic E-state index is 10.5. The van der Waals surface area contributed by atoms with Crippen molar-refractivity contribution in [3.63, 3.8) is 0 Å². The molecule has 1 aromatic rings. The Morgan fingerprint density at radius 3 is 2.81 bits per heavy atom. The summed E-state index contributed by atoms with van der Waals surface area (Å²) in [5.74, 6) is -0.0527. The van der Waals surface area contributed by atoms with Crippen molar-refractivity contribution in [3.05, 3.63) is 33.8 Å². The Morgan fingerprint density at radius 1 is 1.50 bits per heavy atom. The van der Waals surface area contributed by atoms with Crippen LogP contribution >= 0.6 is 35.0 Å². The normalized spacial score (nSPS) is 12.4. The summed E-state index contributed by atoms with van der Waals surface area (Å²) < 4.78 is 0. The van der Waals surface area contributed by atoms with E-state index in [1.54, 1.807) is 12.1 Å². The smallest absolute Gasteiger partial charge is 0.321 e. The molecule has 0 aromatic heterocycles. The molecule has 0 heterocycles. The summed E-state index contributed by atoms with van der Waals surface area (Å²) >= 11 is 13.2. The second-order valence-electron chi connectivity index (χ2n) is 3.17. The molecule has 0 aliphatic rings. The first-order valence-electron chi connectivity index (χ1n) is 4.51. The third-order valence-corrected chi connectivity index (χ3v) is 3.87. The van der Waals surface area contributed by atoms with Crippen molar-refractivity contribution < 1.29 is 9.90 Å². The fraction of sp³-hybridized carbons (Fsp3) is 0.300. The van der Waals surface area contributed by atoms with Crippen LogP contribution in [0.4, 0.5) is 0 Å². The van der Waals surface area contributed by atoms with Crippen LogP contribution in [0.3, 0.4) is 0 Å². The van der Waals surface area contributed by atoms with Gasteiger partial charge in [-0.25, -0.2) is 0 Å². The van der Waals surface area contributed by atoms with Crippen molar-refractivity contribution in [2.45, 2.75) is 11.8 Å². The van der Waals surface area contributed by atoms with E-state index in [9.17, 15) is 4.79 Å². The summed E-state index contributed by atoms with van der Waals surface area (Å²) in [7, 11) is 0. The topological polar surface area (TPSA) is 63.3 Å². The van der Waals surface area contributed by atoms with E-state index in [1.807, 2.05) is 6.07 Å². The standard InChI is InChI=1S/C10H11Cl2NO2S/c11-7-3-1-2-6(9(7)12)4-16-5-8(13)10(14)15/h1-3,8H,4-5,13H2,(H,14,15)/t8-/m0/s1. The van der Waals surface area contributed by atoms with Crippen LogP contribution in [0.5, 0.6) is 0 Å². The van der Waals surface area contributed by atoms with E-state index >= 15 is 0 Å². The highest BCUT2D eigenvalue weighted by Crippen LogP contribution is 2.28. The molecule has 0 spiro atoms. The van der Waals surface area contributed by atoms with Crippen LogP contribution in [0.25, 0.3) is 0 Å². The van der Waals surface area contributed by atoms with E-state index in [4.69, 9.17) is 34.0 Å². The summed E-state index contributed by atoms with van der Waals surface area (Å²) in [6.07, 6.45) is 0. The number of benzene rings is 1. The first kappa shape index (κ1) is 13.6. The Hall–Kier alpha value is -0.420. The zero-order valence-corrected chi connectivity index (χ0v) is 10.6. The van der Waals surface area contributed by atoms with E-state index < -0.39 is 12.0 Å². The van der Waals surface area contributed by atoms with Gasteiger partial charge in [-0.15, -0.1) is 0 Å². The number of carboxylic acid groups (broad SMARTS) is 1. The molecule has 1 atom stereocenters. The molecule has 16 heavy (non-hydrogen) atoms. The van der Waals surface area contributed by atoms with Crippen molar-refractivity contribution >= 4 is 40.9 Å². The lowest BCUT2D eigenvalue weighted by atomic mass is 10.2. The third-order valence-electron chi connectivity index (χ3n) is 1.90. The molecule has 0 aliphatic carbocycles. The number of aliphatic carboxylic acids is 1. The molecule has 88 valence electrons. The largest absolute Gasteiger partial charge is 0.480 e. The van der Waals surface area contributed by atoms with Crippen LogP contribution in [-0.4, -0.2) is 22.9 Å².